The molecular formula is C16H15ClO4S. The number of benzene rings is 2. The summed E-state index contributed by atoms with van der Waals surface area (Å²) in [4.78, 5) is 12.3. The largest absolute Gasteiger partial charge is 0.421 e. The van der Waals surface area contributed by atoms with Crippen molar-refractivity contribution < 1.29 is 17.9 Å². The van der Waals surface area contributed by atoms with Crippen molar-refractivity contribution in [1.82, 2.24) is 0 Å². The molecule has 0 saturated heterocycles. The fourth-order valence-electron chi connectivity index (χ4n) is 1.91. The van der Waals surface area contributed by atoms with E-state index in [0.29, 0.717) is 0 Å². The van der Waals surface area contributed by atoms with Crippen LogP contribution >= 0.6 is 11.6 Å². The van der Waals surface area contributed by atoms with E-state index in [1.54, 1.807) is 30.3 Å². The minimum atomic E-state index is -3.52. The second-order valence-corrected chi connectivity index (χ2v) is 7.38. The minimum Gasteiger partial charge on any atom is -0.421 e. The van der Waals surface area contributed by atoms with E-state index in [1.165, 1.54) is 19.1 Å². The summed E-state index contributed by atoms with van der Waals surface area (Å²) in [6, 6.07) is 11.0. The zero-order valence-electron chi connectivity index (χ0n) is 12.2. The number of hydrogen-bond acceptors (Lipinski definition) is 4. The lowest BCUT2D eigenvalue weighted by Gasteiger charge is -2.10. The number of carbonyl (C=O) groups excluding carboxylic acids is 1. The molecule has 0 aliphatic heterocycles. The predicted molar refractivity (Wildman–Crippen MR) is 85.3 cm³/mol. The molecule has 0 unspecified atom stereocenters. The Balaban J connectivity index is 2.41. The van der Waals surface area contributed by atoms with Gasteiger partial charge in [0.1, 0.15) is 5.75 Å². The van der Waals surface area contributed by atoms with Crippen molar-refractivity contribution >= 4 is 27.4 Å². The minimum absolute atomic E-state index is 0.00178. The molecule has 0 aliphatic carbocycles. The Kier molecular flexibility index (Phi) is 4.88. The third kappa shape index (κ3) is 3.48. The van der Waals surface area contributed by atoms with E-state index in [1.807, 2.05) is 6.92 Å². The van der Waals surface area contributed by atoms with E-state index in [4.69, 9.17) is 16.3 Å². The third-order valence-corrected chi connectivity index (χ3v) is 5.21. The Labute approximate surface area is 134 Å². The molecule has 0 atom stereocenters. The van der Waals surface area contributed by atoms with Crippen LogP contribution in [-0.4, -0.2) is 20.1 Å². The van der Waals surface area contributed by atoms with Gasteiger partial charge in [-0.25, -0.2) is 13.2 Å². The summed E-state index contributed by atoms with van der Waals surface area (Å²) in [6.07, 6.45) is 0. The van der Waals surface area contributed by atoms with Crippen molar-refractivity contribution in [3.63, 3.8) is 0 Å². The molecule has 22 heavy (non-hydrogen) atoms. The number of carbonyl (C=O) groups is 1. The van der Waals surface area contributed by atoms with Crippen LogP contribution in [0.3, 0.4) is 0 Å². The topological polar surface area (TPSA) is 60.4 Å². The average molecular weight is 339 g/mol. The van der Waals surface area contributed by atoms with Gasteiger partial charge in [-0.2, -0.15) is 0 Å². The van der Waals surface area contributed by atoms with Gasteiger partial charge in [-0.15, -0.1) is 0 Å². The first-order valence-corrected chi connectivity index (χ1v) is 8.68. The Morgan fingerprint density at radius 1 is 1.18 bits per heavy atom. The number of halogens is 1. The van der Waals surface area contributed by atoms with Gasteiger partial charge in [0.25, 0.3) is 0 Å². The lowest BCUT2D eigenvalue weighted by atomic mass is 10.2. The Morgan fingerprint density at radius 3 is 2.55 bits per heavy atom. The van der Waals surface area contributed by atoms with E-state index in [2.05, 4.69) is 0 Å². The highest BCUT2D eigenvalue weighted by Gasteiger charge is 2.22. The SMILES string of the molecule is CCS(=O)(=O)c1ccccc1C(=O)Oc1cc(C)ccc1Cl. The molecule has 0 saturated carbocycles. The molecule has 4 nitrogen and oxygen atoms in total. The van der Waals surface area contributed by atoms with Gasteiger partial charge in [0.2, 0.25) is 0 Å². The van der Waals surface area contributed by atoms with Crippen molar-refractivity contribution in [2.75, 3.05) is 5.75 Å². The summed E-state index contributed by atoms with van der Waals surface area (Å²) in [5.41, 5.74) is 0.878. The normalized spacial score (nSPS) is 11.2. The van der Waals surface area contributed by atoms with Crippen molar-refractivity contribution in [2.24, 2.45) is 0 Å². The predicted octanol–water partition coefficient (Wildman–Crippen LogP) is 3.66. The standard InChI is InChI=1S/C16H15ClO4S/c1-3-22(19,20)15-7-5-4-6-12(15)16(18)21-14-10-11(2)8-9-13(14)17/h4-10H,3H2,1-2H3. The number of rotatable bonds is 4. The van der Waals surface area contributed by atoms with Crippen molar-refractivity contribution in [3.05, 3.63) is 58.6 Å². The highest BCUT2D eigenvalue weighted by atomic mass is 35.5. The van der Waals surface area contributed by atoms with E-state index < -0.39 is 15.8 Å². The molecule has 116 valence electrons. The highest BCUT2D eigenvalue weighted by Crippen LogP contribution is 2.27. The molecule has 0 N–H and O–H groups in total. The summed E-state index contributed by atoms with van der Waals surface area (Å²) in [7, 11) is -3.52. The molecule has 0 fully saturated rings. The summed E-state index contributed by atoms with van der Waals surface area (Å²) >= 11 is 5.99. The van der Waals surface area contributed by atoms with Crippen LogP contribution in [0.5, 0.6) is 5.75 Å². The molecule has 2 aromatic rings. The molecular weight excluding hydrogens is 324 g/mol. The van der Waals surface area contributed by atoms with Crippen molar-refractivity contribution in [2.45, 2.75) is 18.7 Å². The zero-order valence-corrected chi connectivity index (χ0v) is 13.7. The quantitative estimate of drug-likeness (QED) is 0.630. The van der Waals surface area contributed by atoms with Gasteiger partial charge in [0.15, 0.2) is 9.84 Å². The lowest BCUT2D eigenvalue weighted by molar-refractivity contribution is 0.0730. The van der Waals surface area contributed by atoms with Crippen LogP contribution < -0.4 is 4.74 Å². The van der Waals surface area contributed by atoms with Gasteiger partial charge < -0.3 is 4.74 Å². The van der Waals surface area contributed by atoms with Crippen molar-refractivity contribution in [3.8, 4) is 5.75 Å². The highest BCUT2D eigenvalue weighted by molar-refractivity contribution is 7.91. The summed E-state index contributed by atoms with van der Waals surface area (Å²) in [5.74, 6) is -0.641. The fourth-order valence-corrected chi connectivity index (χ4v) is 3.15. The molecule has 6 heteroatoms. The van der Waals surface area contributed by atoms with Crippen LogP contribution in [0.4, 0.5) is 0 Å². The maximum atomic E-state index is 12.3. The average Bonchev–Trinajstić information content (AvgIpc) is 2.51. The van der Waals surface area contributed by atoms with Gasteiger partial charge in [0.05, 0.1) is 21.2 Å². The molecule has 0 amide bonds. The monoisotopic (exact) mass is 338 g/mol. The number of sulfone groups is 1. The van der Waals surface area contributed by atoms with E-state index >= 15 is 0 Å². The molecule has 0 aromatic heterocycles. The summed E-state index contributed by atoms with van der Waals surface area (Å²) in [6.45, 7) is 3.36. The van der Waals surface area contributed by atoms with Gasteiger partial charge in [-0.3, -0.25) is 0 Å². The molecule has 0 heterocycles. The fraction of sp³-hybridized carbons (Fsp3) is 0.188. The first-order chi connectivity index (χ1) is 10.3. The van der Waals surface area contributed by atoms with E-state index in [-0.39, 0.29) is 27.0 Å². The number of ether oxygens (including phenoxy) is 1. The van der Waals surface area contributed by atoms with Crippen molar-refractivity contribution in [1.29, 1.82) is 0 Å². The van der Waals surface area contributed by atoms with Gasteiger partial charge in [-0.05, 0) is 36.8 Å². The van der Waals surface area contributed by atoms with Crippen LogP contribution in [0.15, 0.2) is 47.4 Å². The smallest absolute Gasteiger partial charge is 0.344 e. The van der Waals surface area contributed by atoms with Crippen LogP contribution in [0.2, 0.25) is 5.02 Å². The molecule has 0 radical (unpaired) electrons. The first-order valence-electron chi connectivity index (χ1n) is 6.65. The Morgan fingerprint density at radius 2 is 1.86 bits per heavy atom. The molecule has 0 bridgehead atoms. The maximum Gasteiger partial charge on any atom is 0.344 e. The second kappa shape index (κ2) is 6.50. The van der Waals surface area contributed by atoms with Gasteiger partial charge in [0, 0.05) is 0 Å². The Bertz CT molecular complexity index is 813. The maximum absolute atomic E-state index is 12.3. The third-order valence-electron chi connectivity index (χ3n) is 3.11. The van der Waals surface area contributed by atoms with Crippen LogP contribution in [0.25, 0.3) is 0 Å². The lowest BCUT2D eigenvalue weighted by Crippen LogP contribution is -2.15. The molecule has 0 spiro atoms. The molecule has 2 rings (SSSR count). The number of aryl methyl sites for hydroxylation is 1. The summed E-state index contributed by atoms with van der Waals surface area (Å²) < 4.78 is 29.4. The summed E-state index contributed by atoms with van der Waals surface area (Å²) in [5, 5.41) is 0.287. The second-order valence-electron chi connectivity index (χ2n) is 4.72. The molecule has 0 aliphatic rings. The van der Waals surface area contributed by atoms with Crippen LogP contribution in [-0.2, 0) is 9.84 Å². The van der Waals surface area contributed by atoms with E-state index in [9.17, 15) is 13.2 Å². The van der Waals surface area contributed by atoms with Crippen LogP contribution in [0.1, 0.15) is 22.8 Å². The number of hydrogen-bond donors (Lipinski definition) is 0. The number of esters is 1. The van der Waals surface area contributed by atoms with Gasteiger partial charge >= 0.3 is 5.97 Å². The zero-order chi connectivity index (χ0) is 16.3. The molecule has 2 aromatic carbocycles. The van der Waals surface area contributed by atoms with E-state index in [0.717, 1.165) is 5.56 Å². The first kappa shape index (κ1) is 16.5. The van der Waals surface area contributed by atoms with Crippen LogP contribution in [0, 0.1) is 6.92 Å². The Hall–Kier alpha value is -1.85. The van der Waals surface area contributed by atoms with Gasteiger partial charge in [-0.1, -0.05) is 36.7 Å².